The first-order chi connectivity index (χ1) is 13.3. The summed E-state index contributed by atoms with van der Waals surface area (Å²) in [6, 6.07) is 6.34. The van der Waals surface area contributed by atoms with Crippen LogP contribution in [0.25, 0.3) is 0 Å². The van der Waals surface area contributed by atoms with Gasteiger partial charge in [-0.1, -0.05) is 26.0 Å². The van der Waals surface area contributed by atoms with Gasteiger partial charge in [0.2, 0.25) is 5.91 Å². The van der Waals surface area contributed by atoms with Crippen molar-refractivity contribution in [3.63, 3.8) is 0 Å². The second kappa shape index (κ2) is 10.5. The monoisotopic (exact) mass is 393 g/mol. The Labute approximate surface area is 166 Å². The first kappa shape index (κ1) is 22.3. The Morgan fingerprint density at radius 3 is 2.54 bits per heavy atom. The number of benzene rings is 1. The van der Waals surface area contributed by atoms with Gasteiger partial charge in [0.25, 0.3) is 0 Å². The number of aliphatic carboxylic acids is 1. The number of nitrogens with zero attached hydrogens (tertiary/aromatic N) is 2. The van der Waals surface area contributed by atoms with Crippen molar-refractivity contribution in [1.29, 1.82) is 0 Å². The molecule has 2 atom stereocenters. The van der Waals surface area contributed by atoms with E-state index in [4.69, 9.17) is 5.11 Å². The topological polar surface area (TPSA) is 72.9 Å². The lowest BCUT2D eigenvalue weighted by Gasteiger charge is -2.26. The zero-order chi connectivity index (χ0) is 20.7. The number of halogens is 1. The molecule has 28 heavy (non-hydrogen) atoms. The number of carboxylic acids is 1. The minimum absolute atomic E-state index is 0.0406. The molecule has 0 radical (unpaired) electrons. The summed E-state index contributed by atoms with van der Waals surface area (Å²) in [5.74, 6) is -0.957. The maximum absolute atomic E-state index is 13.2. The van der Waals surface area contributed by atoms with Crippen LogP contribution in [0.5, 0.6) is 0 Å². The lowest BCUT2D eigenvalue weighted by atomic mass is 9.96. The van der Waals surface area contributed by atoms with Crippen LogP contribution in [-0.2, 0) is 9.59 Å². The lowest BCUT2D eigenvalue weighted by Crippen LogP contribution is -2.41. The van der Waals surface area contributed by atoms with E-state index in [0.29, 0.717) is 6.54 Å². The summed E-state index contributed by atoms with van der Waals surface area (Å²) in [5, 5.41) is 12.1. The molecule has 2 N–H and O–H groups in total. The minimum atomic E-state index is -0.816. The molecule has 1 heterocycles. The molecular weight excluding hydrogens is 361 g/mol. The Morgan fingerprint density at radius 2 is 1.93 bits per heavy atom. The normalized spacial score (nSPS) is 19.4. The van der Waals surface area contributed by atoms with Crippen LogP contribution in [0.2, 0.25) is 0 Å². The molecule has 1 aromatic carbocycles. The molecule has 1 aromatic rings. The molecule has 0 aliphatic carbocycles. The predicted molar refractivity (Wildman–Crippen MR) is 106 cm³/mol. The zero-order valence-corrected chi connectivity index (χ0v) is 17.0. The Hall–Kier alpha value is -1.99. The highest BCUT2D eigenvalue weighted by Crippen LogP contribution is 2.22. The number of hydrogen-bond acceptors (Lipinski definition) is 4. The van der Waals surface area contributed by atoms with Crippen molar-refractivity contribution in [2.24, 2.45) is 5.92 Å². The molecule has 1 saturated heterocycles. The van der Waals surface area contributed by atoms with Gasteiger partial charge in [0, 0.05) is 12.6 Å². The summed E-state index contributed by atoms with van der Waals surface area (Å²) in [4.78, 5) is 27.6. The molecule has 156 valence electrons. The Balaban J connectivity index is 1.89. The van der Waals surface area contributed by atoms with Crippen LogP contribution in [0.3, 0.4) is 0 Å². The van der Waals surface area contributed by atoms with E-state index in [1.807, 2.05) is 25.8 Å². The van der Waals surface area contributed by atoms with Gasteiger partial charge in [-0.05, 0) is 56.5 Å². The number of amides is 1. The number of hydrogen-bond donors (Lipinski definition) is 2. The van der Waals surface area contributed by atoms with Crippen molar-refractivity contribution in [3.05, 3.63) is 35.6 Å². The average molecular weight is 394 g/mol. The summed E-state index contributed by atoms with van der Waals surface area (Å²) < 4.78 is 13.2. The fourth-order valence-electron chi connectivity index (χ4n) is 3.81. The molecule has 7 heteroatoms. The number of nitrogens with one attached hydrogen (secondary N) is 1. The molecule has 2 rings (SSSR count). The smallest absolute Gasteiger partial charge is 0.317 e. The maximum Gasteiger partial charge on any atom is 0.317 e. The van der Waals surface area contributed by atoms with Crippen molar-refractivity contribution >= 4 is 11.9 Å². The summed E-state index contributed by atoms with van der Waals surface area (Å²) in [7, 11) is 1.84. The molecule has 1 aliphatic heterocycles. The van der Waals surface area contributed by atoms with E-state index in [-0.39, 0.29) is 36.3 Å². The van der Waals surface area contributed by atoms with Crippen molar-refractivity contribution in [3.8, 4) is 0 Å². The van der Waals surface area contributed by atoms with Crippen molar-refractivity contribution in [1.82, 2.24) is 15.1 Å². The molecule has 2 unspecified atom stereocenters. The first-order valence-electron chi connectivity index (χ1n) is 9.95. The second-order valence-electron chi connectivity index (χ2n) is 8.01. The van der Waals surface area contributed by atoms with Gasteiger partial charge >= 0.3 is 5.97 Å². The van der Waals surface area contributed by atoms with Gasteiger partial charge in [0.05, 0.1) is 19.1 Å². The second-order valence-corrected chi connectivity index (χ2v) is 8.01. The highest BCUT2D eigenvalue weighted by Gasteiger charge is 2.24. The van der Waals surface area contributed by atoms with Gasteiger partial charge in [0.1, 0.15) is 5.82 Å². The number of likely N-dealkylation sites (tertiary alicyclic amines) is 1. The highest BCUT2D eigenvalue weighted by atomic mass is 19.1. The van der Waals surface area contributed by atoms with E-state index in [1.54, 1.807) is 12.1 Å². The van der Waals surface area contributed by atoms with Crippen LogP contribution in [0.1, 0.15) is 44.7 Å². The Morgan fingerprint density at radius 1 is 1.25 bits per heavy atom. The van der Waals surface area contributed by atoms with E-state index in [9.17, 15) is 14.0 Å². The SMILES string of the molecule is CC(C)C(NC(=O)CN1CCCC(N(C)CC(=O)O)CC1)c1ccc(F)cc1. The van der Waals surface area contributed by atoms with Crippen LogP contribution in [0.4, 0.5) is 4.39 Å². The van der Waals surface area contributed by atoms with Gasteiger partial charge in [0.15, 0.2) is 0 Å². The molecule has 1 fully saturated rings. The minimum Gasteiger partial charge on any atom is -0.480 e. The number of carbonyl (C=O) groups excluding carboxylic acids is 1. The third kappa shape index (κ3) is 6.87. The lowest BCUT2D eigenvalue weighted by molar-refractivity contribution is -0.138. The van der Waals surface area contributed by atoms with E-state index in [0.717, 1.165) is 37.9 Å². The summed E-state index contributed by atoms with van der Waals surface area (Å²) in [6.45, 7) is 6.02. The molecule has 0 aromatic heterocycles. The van der Waals surface area contributed by atoms with Crippen LogP contribution >= 0.6 is 0 Å². The number of rotatable bonds is 8. The van der Waals surface area contributed by atoms with Crippen LogP contribution in [0, 0.1) is 11.7 Å². The highest BCUT2D eigenvalue weighted by molar-refractivity contribution is 5.78. The third-order valence-corrected chi connectivity index (χ3v) is 5.38. The number of likely N-dealkylation sites (N-methyl/N-ethyl adjacent to an activating group) is 1. The Kier molecular flexibility index (Phi) is 8.38. The van der Waals surface area contributed by atoms with Crippen molar-refractivity contribution in [2.45, 2.75) is 45.2 Å². The summed E-state index contributed by atoms with van der Waals surface area (Å²) in [5.41, 5.74) is 0.899. The average Bonchev–Trinajstić information content (AvgIpc) is 2.85. The number of carboxylic acid groups (broad SMARTS) is 1. The largest absolute Gasteiger partial charge is 0.480 e. The third-order valence-electron chi connectivity index (χ3n) is 5.38. The molecule has 1 amide bonds. The zero-order valence-electron chi connectivity index (χ0n) is 17.0. The number of carbonyl (C=O) groups is 2. The molecular formula is C21H32FN3O3. The van der Waals surface area contributed by atoms with Gasteiger partial charge in [-0.25, -0.2) is 4.39 Å². The quantitative estimate of drug-likeness (QED) is 0.710. The van der Waals surface area contributed by atoms with Gasteiger partial charge < -0.3 is 10.4 Å². The van der Waals surface area contributed by atoms with Gasteiger partial charge in [-0.3, -0.25) is 19.4 Å². The van der Waals surface area contributed by atoms with Gasteiger partial charge in [-0.15, -0.1) is 0 Å². The summed E-state index contributed by atoms with van der Waals surface area (Å²) in [6.07, 6.45) is 2.72. The summed E-state index contributed by atoms with van der Waals surface area (Å²) >= 11 is 0. The van der Waals surface area contributed by atoms with E-state index in [2.05, 4.69) is 10.2 Å². The van der Waals surface area contributed by atoms with E-state index >= 15 is 0 Å². The van der Waals surface area contributed by atoms with E-state index in [1.165, 1.54) is 12.1 Å². The first-order valence-corrected chi connectivity index (χ1v) is 9.95. The molecule has 0 bridgehead atoms. The molecule has 6 nitrogen and oxygen atoms in total. The molecule has 0 spiro atoms. The van der Waals surface area contributed by atoms with E-state index < -0.39 is 5.97 Å². The van der Waals surface area contributed by atoms with Crippen molar-refractivity contribution in [2.75, 3.05) is 33.2 Å². The standard InChI is InChI=1S/C21H32FN3O3/c1-15(2)21(16-6-8-17(22)9-7-16)23-19(26)13-25-11-4-5-18(10-12-25)24(3)14-20(27)28/h6-9,15,18,21H,4-5,10-14H2,1-3H3,(H,23,26)(H,27,28). The van der Waals surface area contributed by atoms with Crippen LogP contribution in [-0.4, -0.2) is 66.1 Å². The fraction of sp³-hybridized carbons (Fsp3) is 0.619. The molecule has 0 saturated carbocycles. The Bertz CT molecular complexity index is 651. The van der Waals surface area contributed by atoms with Crippen LogP contribution in [0.15, 0.2) is 24.3 Å². The van der Waals surface area contributed by atoms with Crippen LogP contribution < -0.4 is 5.32 Å². The van der Waals surface area contributed by atoms with Gasteiger partial charge in [-0.2, -0.15) is 0 Å². The van der Waals surface area contributed by atoms with Crippen molar-refractivity contribution < 1.29 is 19.1 Å². The molecule has 1 aliphatic rings. The fourth-order valence-corrected chi connectivity index (χ4v) is 3.81. The predicted octanol–water partition coefficient (Wildman–Crippen LogP) is 2.51. The maximum atomic E-state index is 13.2.